The number of benzene rings is 2. The normalized spacial score (nSPS) is 17.1. The van der Waals surface area contributed by atoms with Crippen LogP contribution in [0.1, 0.15) is 48.4 Å². The molecule has 0 fully saturated rings. The average Bonchev–Trinajstić information content (AvgIpc) is 2.96. The highest BCUT2D eigenvalue weighted by Gasteiger charge is 2.27. The Morgan fingerprint density at radius 2 is 1.79 bits per heavy atom. The Hall–Kier alpha value is -2.06. The van der Waals surface area contributed by atoms with Crippen LogP contribution >= 0.6 is 0 Å². The van der Waals surface area contributed by atoms with Crippen LogP contribution in [0.5, 0.6) is 0 Å². The van der Waals surface area contributed by atoms with Crippen LogP contribution < -0.4 is 5.73 Å². The van der Waals surface area contributed by atoms with E-state index in [0.717, 1.165) is 19.5 Å². The number of fused-ring (bicyclic) bond motifs is 3. The summed E-state index contributed by atoms with van der Waals surface area (Å²) in [6.45, 7) is 1.76. The molecule has 2 N–H and O–H groups in total. The molecule has 24 heavy (non-hydrogen) atoms. The number of para-hydroxylation sites is 1. The van der Waals surface area contributed by atoms with E-state index in [1.54, 1.807) is 11.3 Å². The highest BCUT2D eigenvalue weighted by Crippen LogP contribution is 2.40. The second-order valence-corrected chi connectivity index (χ2v) is 6.97. The van der Waals surface area contributed by atoms with Gasteiger partial charge in [0, 0.05) is 23.1 Å². The van der Waals surface area contributed by atoms with E-state index < -0.39 is 0 Å². The fourth-order valence-corrected chi connectivity index (χ4v) is 4.37. The lowest BCUT2D eigenvalue weighted by Gasteiger charge is -2.26. The first-order valence-electron chi connectivity index (χ1n) is 9.22. The molecule has 0 unspecified atom stereocenters. The first-order valence-corrected chi connectivity index (χ1v) is 9.22. The Bertz CT molecular complexity index is 817. The molecule has 3 aromatic rings. The molecule has 0 spiro atoms. The molecule has 124 valence electrons. The maximum atomic E-state index is 5.80. The van der Waals surface area contributed by atoms with Gasteiger partial charge in [0.05, 0.1) is 0 Å². The van der Waals surface area contributed by atoms with Crippen LogP contribution in [0.25, 0.3) is 10.9 Å². The minimum Gasteiger partial charge on any atom is -0.340 e. The summed E-state index contributed by atoms with van der Waals surface area (Å²) in [6.07, 6.45) is 6.17. The van der Waals surface area contributed by atoms with Crippen LogP contribution in [0.2, 0.25) is 0 Å². The average molecular weight is 318 g/mol. The molecule has 2 nitrogen and oxygen atoms in total. The molecule has 1 aromatic heterocycles. The third-order valence-electron chi connectivity index (χ3n) is 5.43. The van der Waals surface area contributed by atoms with Crippen molar-refractivity contribution in [1.82, 2.24) is 4.57 Å². The third kappa shape index (κ3) is 2.76. The van der Waals surface area contributed by atoms with Gasteiger partial charge in [-0.05, 0) is 61.8 Å². The van der Waals surface area contributed by atoms with E-state index in [0.29, 0.717) is 5.92 Å². The number of nitrogens with two attached hydrogens (primary N) is 1. The van der Waals surface area contributed by atoms with E-state index in [-0.39, 0.29) is 0 Å². The zero-order valence-corrected chi connectivity index (χ0v) is 14.2. The zero-order valence-electron chi connectivity index (χ0n) is 14.2. The van der Waals surface area contributed by atoms with E-state index >= 15 is 0 Å². The Morgan fingerprint density at radius 1 is 1.00 bits per heavy atom. The second kappa shape index (κ2) is 6.82. The molecule has 0 radical (unpaired) electrons. The standard InChI is InChI=1S/C22H26N2/c23-15-7-11-18-10-6-13-20-19-12-4-5-14-21(19)24(22(18)20)16-17-8-2-1-3-9-17/h1-5,8-9,12,14,18H,6-7,10-11,13,15-16,23H2/t18-/m0/s1. The van der Waals surface area contributed by atoms with Crippen molar-refractivity contribution in [3.8, 4) is 0 Å². The molecule has 0 amide bonds. The predicted octanol–water partition coefficient (Wildman–Crippen LogP) is 4.85. The largest absolute Gasteiger partial charge is 0.340 e. The molecular formula is C22H26N2. The molecule has 0 saturated carbocycles. The lowest BCUT2D eigenvalue weighted by atomic mass is 9.84. The SMILES string of the molecule is NCCC[C@@H]1CCCc2c1n(Cc1ccccc1)c1ccccc21. The first kappa shape index (κ1) is 15.5. The summed E-state index contributed by atoms with van der Waals surface area (Å²) in [4.78, 5) is 0. The van der Waals surface area contributed by atoms with Crippen molar-refractivity contribution in [2.24, 2.45) is 5.73 Å². The summed E-state index contributed by atoms with van der Waals surface area (Å²) in [7, 11) is 0. The number of aromatic nitrogens is 1. The van der Waals surface area contributed by atoms with Gasteiger partial charge >= 0.3 is 0 Å². The lowest BCUT2D eigenvalue weighted by molar-refractivity contribution is 0.481. The van der Waals surface area contributed by atoms with Gasteiger partial charge in [0.1, 0.15) is 0 Å². The zero-order chi connectivity index (χ0) is 16.4. The van der Waals surface area contributed by atoms with Gasteiger partial charge in [0.2, 0.25) is 0 Å². The number of hydrogen-bond acceptors (Lipinski definition) is 1. The Balaban J connectivity index is 1.84. The number of rotatable bonds is 5. The van der Waals surface area contributed by atoms with Crippen LogP contribution in [0.4, 0.5) is 0 Å². The highest BCUT2D eigenvalue weighted by atomic mass is 15.0. The Labute approximate surface area is 144 Å². The minimum atomic E-state index is 0.661. The van der Waals surface area contributed by atoms with Gasteiger partial charge in [-0.15, -0.1) is 0 Å². The van der Waals surface area contributed by atoms with Crippen molar-refractivity contribution in [3.63, 3.8) is 0 Å². The van der Waals surface area contributed by atoms with E-state index in [1.165, 1.54) is 42.1 Å². The van der Waals surface area contributed by atoms with Crippen molar-refractivity contribution in [2.45, 2.75) is 44.6 Å². The maximum absolute atomic E-state index is 5.80. The molecule has 1 atom stereocenters. The van der Waals surface area contributed by atoms with Gasteiger partial charge in [-0.1, -0.05) is 48.5 Å². The number of hydrogen-bond donors (Lipinski definition) is 1. The van der Waals surface area contributed by atoms with Gasteiger partial charge < -0.3 is 10.3 Å². The quantitative estimate of drug-likeness (QED) is 0.716. The monoisotopic (exact) mass is 318 g/mol. The van der Waals surface area contributed by atoms with Crippen LogP contribution in [0.3, 0.4) is 0 Å². The van der Waals surface area contributed by atoms with Gasteiger partial charge in [-0.3, -0.25) is 0 Å². The summed E-state index contributed by atoms with van der Waals surface area (Å²) in [5.74, 6) is 0.661. The van der Waals surface area contributed by atoms with Crippen LogP contribution in [0, 0.1) is 0 Å². The number of nitrogens with zero attached hydrogens (tertiary/aromatic N) is 1. The molecular weight excluding hydrogens is 292 g/mol. The smallest absolute Gasteiger partial charge is 0.0488 e. The topological polar surface area (TPSA) is 30.9 Å². The van der Waals surface area contributed by atoms with E-state index in [9.17, 15) is 0 Å². The van der Waals surface area contributed by atoms with Crippen LogP contribution in [0.15, 0.2) is 54.6 Å². The second-order valence-electron chi connectivity index (χ2n) is 6.97. The molecule has 2 aromatic carbocycles. The summed E-state index contributed by atoms with van der Waals surface area (Å²) >= 11 is 0. The van der Waals surface area contributed by atoms with Gasteiger partial charge in [0.15, 0.2) is 0 Å². The molecule has 4 rings (SSSR count). The molecule has 0 bridgehead atoms. The van der Waals surface area contributed by atoms with Crippen LogP contribution in [-0.4, -0.2) is 11.1 Å². The summed E-state index contributed by atoms with van der Waals surface area (Å²) in [5.41, 5.74) is 11.7. The lowest BCUT2D eigenvalue weighted by Crippen LogP contribution is -2.16. The van der Waals surface area contributed by atoms with E-state index in [1.807, 2.05) is 0 Å². The number of aryl methyl sites for hydroxylation is 1. The Kier molecular flexibility index (Phi) is 4.40. The molecule has 0 aliphatic heterocycles. The molecule has 1 heterocycles. The van der Waals surface area contributed by atoms with Gasteiger partial charge in [0.25, 0.3) is 0 Å². The molecule has 2 heteroatoms. The first-order chi connectivity index (χ1) is 11.9. The third-order valence-corrected chi connectivity index (χ3v) is 5.43. The molecule has 1 aliphatic rings. The van der Waals surface area contributed by atoms with Crippen molar-refractivity contribution in [3.05, 3.63) is 71.4 Å². The fraction of sp³-hybridized carbons (Fsp3) is 0.364. The highest BCUT2D eigenvalue weighted by molar-refractivity contribution is 5.86. The van der Waals surface area contributed by atoms with Crippen molar-refractivity contribution < 1.29 is 0 Å². The maximum Gasteiger partial charge on any atom is 0.0488 e. The van der Waals surface area contributed by atoms with Crippen molar-refractivity contribution >= 4 is 10.9 Å². The van der Waals surface area contributed by atoms with Gasteiger partial charge in [-0.2, -0.15) is 0 Å². The fourth-order valence-electron chi connectivity index (χ4n) is 4.37. The van der Waals surface area contributed by atoms with Crippen molar-refractivity contribution in [1.29, 1.82) is 0 Å². The Morgan fingerprint density at radius 3 is 2.62 bits per heavy atom. The molecule has 0 saturated heterocycles. The van der Waals surface area contributed by atoms with E-state index in [4.69, 9.17) is 5.73 Å². The molecule has 1 aliphatic carbocycles. The van der Waals surface area contributed by atoms with Crippen molar-refractivity contribution in [2.75, 3.05) is 6.54 Å². The van der Waals surface area contributed by atoms with E-state index in [2.05, 4.69) is 59.2 Å². The summed E-state index contributed by atoms with van der Waals surface area (Å²) in [5, 5.41) is 1.46. The van der Waals surface area contributed by atoms with Crippen LogP contribution in [-0.2, 0) is 13.0 Å². The predicted molar refractivity (Wildman–Crippen MR) is 101 cm³/mol. The summed E-state index contributed by atoms with van der Waals surface area (Å²) in [6, 6.07) is 19.8. The minimum absolute atomic E-state index is 0.661. The van der Waals surface area contributed by atoms with Gasteiger partial charge in [-0.25, -0.2) is 0 Å². The summed E-state index contributed by atoms with van der Waals surface area (Å²) < 4.78 is 2.58.